The van der Waals surface area contributed by atoms with E-state index in [0.717, 1.165) is 48.1 Å². The van der Waals surface area contributed by atoms with Crippen molar-refractivity contribution in [2.45, 2.75) is 24.2 Å². The molecule has 5 heteroatoms. The van der Waals surface area contributed by atoms with Crippen LogP contribution in [0, 0.1) is 5.82 Å². The van der Waals surface area contributed by atoms with Crippen molar-refractivity contribution in [2.75, 3.05) is 6.61 Å². The fourth-order valence-electron chi connectivity index (χ4n) is 2.69. The summed E-state index contributed by atoms with van der Waals surface area (Å²) in [5.74, 6) is 0.522. The molecule has 2 aromatic carbocycles. The summed E-state index contributed by atoms with van der Waals surface area (Å²) in [4.78, 5) is 4.56. The van der Waals surface area contributed by atoms with Gasteiger partial charge in [0.05, 0.1) is 11.5 Å². The van der Waals surface area contributed by atoms with Crippen molar-refractivity contribution in [3.8, 4) is 16.9 Å². The van der Waals surface area contributed by atoms with Gasteiger partial charge in [-0.05, 0) is 78.2 Å². The fraction of sp³-hybridized carbons (Fsp3) is 0.190. The van der Waals surface area contributed by atoms with Crippen molar-refractivity contribution in [3.05, 3.63) is 78.4 Å². The van der Waals surface area contributed by atoms with Crippen LogP contribution in [0.2, 0.25) is 0 Å². The summed E-state index contributed by atoms with van der Waals surface area (Å²) < 4.78 is 19.6. The second-order valence-electron chi connectivity index (χ2n) is 5.95. The van der Waals surface area contributed by atoms with Gasteiger partial charge in [-0.3, -0.25) is 10.1 Å². The van der Waals surface area contributed by atoms with E-state index < -0.39 is 0 Å². The standard InChI is InChI=1S/C21H21FN2OS/c22-20-14-18(8-11-21(20)26-23)17-6-9-19(10-7-17)25-13-2-1-4-16-5-3-12-24-15-16/h3,5-12,14-15H,1-2,4,13,23H2. The Bertz CT molecular complexity index is 825. The number of pyridine rings is 1. The average molecular weight is 368 g/mol. The molecule has 0 atom stereocenters. The van der Waals surface area contributed by atoms with Gasteiger partial charge in [-0.1, -0.05) is 24.3 Å². The molecule has 1 heterocycles. The zero-order chi connectivity index (χ0) is 18.2. The molecule has 0 radical (unpaired) electrons. The zero-order valence-corrected chi connectivity index (χ0v) is 15.2. The number of hydrogen-bond acceptors (Lipinski definition) is 4. The molecular formula is C21H21FN2OS. The first-order valence-corrected chi connectivity index (χ1v) is 9.42. The van der Waals surface area contributed by atoms with Crippen molar-refractivity contribution < 1.29 is 9.13 Å². The van der Waals surface area contributed by atoms with Crippen LogP contribution in [0.15, 0.2) is 71.9 Å². The molecule has 0 saturated heterocycles. The van der Waals surface area contributed by atoms with Crippen LogP contribution in [-0.2, 0) is 6.42 Å². The van der Waals surface area contributed by atoms with Gasteiger partial charge >= 0.3 is 0 Å². The molecule has 0 aliphatic heterocycles. The molecule has 2 N–H and O–H groups in total. The van der Waals surface area contributed by atoms with Gasteiger partial charge in [0, 0.05) is 12.4 Å². The van der Waals surface area contributed by atoms with Crippen molar-refractivity contribution in [3.63, 3.8) is 0 Å². The van der Waals surface area contributed by atoms with E-state index in [9.17, 15) is 4.39 Å². The minimum atomic E-state index is -0.302. The van der Waals surface area contributed by atoms with Crippen molar-refractivity contribution >= 4 is 11.9 Å². The van der Waals surface area contributed by atoms with Gasteiger partial charge in [-0.2, -0.15) is 0 Å². The number of halogens is 1. The summed E-state index contributed by atoms with van der Waals surface area (Å²) in [5.41, 5.74) is 3.02. The number of unbranched alkanes of at least 4 members (excludes halogenated alkanes) is 1. The lowest BCUT2D eigenvalue weighted by molar-refractivity contribution is 0.307. The second-order valence-corrected chi connectivity index (χ2v) is 6.63. The third kappa shape index (κ3) is 5.07. The van der Waals surface area contributed by atoms with E-state index in [2.05, 4.69) is 11.1 Å². The predicted octanol–water partition coefficient (Wildman–Crippen LogP) is 5.26. The lowest BCUT2D eigenvalue weighted by Gasteiger charge is -2.08. The van der Waals surface area contributed by atoms with E-state index >= 15 is 0 Å². The number of nitrogens with zero attached hydrogens (tertiary/aromatic N) is 1. The maximum atomic E-state index is 13.8. The highest BCUT2D eigenvalue weighted by molar-refractivity contribution is 7.97. The number of ether oxygens (including phenoxy) is 1. The molecule has 3 nitrogen and oxygen atoms in total. The van der Waals surface area contributed by atoms with Crippen LogP contribution >= 0.6 is 11.9 Å². The highest BCUT2D eigenvalue weighted by atomic mass is 32.2. The van der Waals surface area contributed by atoms with Crippen LogP contribution < -0.4 is 9.88 Å². The van der Waals surface area contributed by atoms with Gasteiger partial charge in [0.15, 0.2) is 0 Å². The topological polar surface area (TPSA) is 48.1 Å². The highest BCUT2D eigenvalue weighted by Gasteiger charge is 2.05. The maximum absolute atomic E-state index is 13.8. The molecular weight excluding hydrogens is 347 g/mol. The Kier molecular flexibility index (Phi) is 6.63. The Morgan fingerprint density at radius 3 is 2.50 bits per heavy atom. The molecule has 0 aliphatic carbocycles. The molecule has 0 fully saturated rings. The summed E-state index contributed by atoms with van der Waals surface area (Å²) in [6.07, 6.45) is 6.75. The first-order chi connectivity index (χ1) is 12.8. The van der Waals surface area contributed by atoms with E-state index in [1.54, 1.807) is 12.3 Å². The fourth-order valence-corrected chi connectivity index (χ4v) is 3.00. The number of aromatic nitrogens is 1. The predicted molar refractivity (Wildman–Crippen MR) is 105 cm³/mol. The van der Waals surface area contributed by atoms with Crippen molar-refractivity contribution in [1.82, 2.24) is 4.98 Å². The molecule has 134 valence electrons. The van der Waals surface area contributed by atoms with Gasteiger partial charge in [-0.15, -0.1) is 0 Å². The molecule has 0 unspecified atom stereocenters. The van der Waals surface area contributed by atoms with Gasteiger partial charge < -0.3 is 4.74 Å². The Hall–Kier alpha value is -2.37. The molecule has 1 aromatic heterocycles. The number of rotatable bonds is 8. The van der Waals surface area contributed by atoms with Crippen LogP contribution in [0.3, 0.4) is 0 Å². The summed E-state index contributed by atoms with van der Waals surface area (Å²) >= 11 is 0.915. The molecule has 0 aliphatic rings. The summed E-state index contributed by atoms with van der Waals surface area (Å²) in [7, 11) is 0. The largest absolute Gasteiger partial charge is 0.494 e. The normalized spacial score (nSPS) is 10.7. The van der Waals surface area contributed by atoms with Gasteiger partial charge in [0.2, 0.25) is 0 Å². The van der Waals surface area contributed by atoms with Gasteiger partial charge in [0.25, 0.3) is 0 Å². The van der Waals surface area contributed by atoms with Crippen LogP contribution in [0.5, 0.6) is 5.75 Å². The van der Waals surface area contributed by atoms with Crippen molar-refractivity contribution in [2.24, 2.45) is 5.14 Å². The second kappa shape index (κ2) is 9.36. The first kappa shape index (κ1) is 18.4. The lowest BCUT2D eigenvalue weighted by atomic mass is 10.1. The number of nitrogens with two attached hydrogens (primary N) is 1. The zero-order valence-electron chi connectivity index (χ0n) is 14.4. The van der Waals surface area contributed by atoms with Crippen LogP contribution in [0.1, 0.15) is 18.4 Å². The van der Waals surface area contributed by atoms with Gasteiger partial charge in [-0.25, -0.2) is 4.39 Å². The van der Waals surface area contributed by atoms with Crippen molar-refractivity contribution in [1.29, 1.82) is 0 Å². The Labute approximate surface area is 157 Å². The SMILES string of the molecule is NSc1ccc(-c2ccc(OCCCCc3cccnc3)cc2)cc1F. The van der Waals surface area contributed by atoms with E-state index in [0.29, 0.717) is 11.5 Å². The molecule has 3 aromatic rings. The van der Waals surface area contributed by atoms with E-state index in [4.69, 9.17) is 9.88 Å². The molecule has 0 spiro atoms. The molecule has 0 bridgehead atoms. The quantitative estimate of drug-likeness (QED) is 0.435. The van der Waals surface area contributed by atoms with E-state index in [1.165, 1.54) is 11.6 Å². The van der Waals surface area contributed by atoms with E-state index in [-0.39, 0.29) is 5.82 Å². The highest BCUT2D eigenvalue weighted by Crippen LogP contribution is 2.26. The van der Waals surface area contributed by atoms with Crippen LogP contribution in [-0.4, -0.2) is 11.6 Å². The molecule has 26 heavy (non-hydrogen) atoms. The Morgan fingerprint density at radius 2 is 1.81 bits per heavy atom. The molecule has 0 saturated carbocycles. The minimum Gasteiger partial charge on any atom is -0.494 e. The maximum Gasteiger partial charge on any atom is 0.138 e. The van der Waals surface area contributed by atoms with Gasteiger partial charge in [0.1, 0.15) is 11.6 Å². The monoisotopic (exact) mass is 368 g/mol. The van der Waals surface area contributed by atoms with Crippen LogP contribution in [0.4, 0.5) is 4.39 Å². The number of hydrogen-bond donors (Lipinski definition) is 1. The summed E-state index contributed by atoms with van der Waals surface area (Å²) in [5, 5.41) is 5.42. The number of benzene rings is 2. The molecule has 0 amide bonds. The molecule has 3 rings (SSSR count). The lowest BCUT2D eigenvalue weighted by Crippen LogP contribution is -1.98. The smallest absolute Gasteiger partial charge is 0.138 e. The van der Waals surface area contributed by atoms with Crippen LogP contribution in [0.25, 0.3) is 11.1 Å². The number of aryl methyl sites for hydroxylation is 1. The minimum absolute atomic E-state index is 0.302. The average Bonchev–Trinajstić information content (AvgIpc) is 2.69. The summed E-state index contributed by atoms with van der Waals surface area (Å²) in [6, 6.07) is 16.8. The third-order valence-electron chi connectivity index (χ3n) is 4.10. The Balaban J connectivity index is 1.48. The Morgan fingerprint density at radius 1 is 1.00 bits per heavy atom. The first-order valence-electron chi connectivity index (χ1n) is 8.54. The third-order valence-corrected chi connectivity index (χ3v) is 4.68. The summed E-state index contributed by atoms with van der Waals surface area (Å²) in [6.45, 7) is 0.677. The van der Waals surface area contributed by atoms with E-state index in [1.807, 2.05) is 42.6 Å².